The fourth-order valence-electron chi connectivity index (χ4n) is 3.77. The summed E-state index contributed by atoms with van der Waals surface area (Å²) < 4.78 is 2.42. The lowest BCUT2D eigenvalue weighted by molar-refractivity contribution is 0.373. The smallest absolute Gasteiger partial charge is 0.106 e. The van der Waals surface area contributed by atoms with E-state index in [1.807, 2.05) is 0 Å². The summed E-state index contributed by atoms with van der Waals surface area (Å²) in [6, 6.07) is 21.3. The monoisotopic (exact) mass is 374 g/mol. The molecule has 0 fully saturated rings. The van der Waals surface area contributed by atoms with Gasteiger partial charge in [0.1, 0.15) is 5.82 Å². The van der Waals surface area contributed by atoms with Gasteiger partial charge in [0, 0.05) is 17.7 Å². The summed E-state index contributed by atoms with van der Waals surface area (Å²) in [5, 5.41) is 0. The van der Waals surface area contributed by atoms with Crippen LogP contribution in [0.4, 0.5) is 0 Å². The predicted molar refractivity (Wildman–Crippen MR) is 120 cm³/mol. The van der Waals surface area contributed by atoms with Crippen LogP contribution in [-0.4, -0.2) is 9.55 Å². The van der Waals surface area contributed by atoms with Crippen LogP contribution in [0.5, 0.6) is 0 Å². The molecule has 0 saturated carbocycles. The Morgan fingerprint density at radius 1 is 0.786 bits per heavy atom. The summed E-state index contributed by atoms with van der Waals surface area (Å²) in [6.45, 7) is 10.2. The highest BCUT2D eigenvalue weighted by Gasteiger charge is 2.17. The first kappa shape index (κ1) is 20.4. The summed E-state index contributed by atoms with van der Waals surface area (Å²) in [5.74, 6) is 2.71. The lowest BCUT2D eigenvalue weighted by Gasteiger charge is -2.15. The average Bonchev–Trinajstić information content (AvgIpc) is 3.05. The lowest BCUT2D eigenvalue weighted by Crippen LogP contribution is -2.05. The van der Waals surface area contributed by atoms with E-state index in [4.69, 9.17) is 4.98 Å². The molecule has 1 heterocycles. The summed E-state index contributed by atoms with van der Waals surface area (Å²) in [6.07, 6.45) is 5.14. The van der Waals surface area contributed by atoms with Gasteiger partial charge < -0.3 is 4.57 Å². The molecule has 0 spiro atoms. The van der Waals surface area contributed by atoms with Crippen molar-refractivity contribution < 1.29 is 0 Å². The van der Waals surface area contributed by atoms with Crippen LogP contribution < -0.4 is 0 Å². The second-order valence-electron chi connectivity index (χ2n) is 8.31. The van der Waals surface area contributed by atoms with E-state index >= 15 is 0 Å². The number of unbranched alkanes of at least 4 members (excludes halogenated alkanes) is 2. The number of imidazole rings is 1. The van der Waals surface area contributed by atoms with Gasteiger partial charge in [-0.05, 0) is 25.2 Å². The molecule has 0 saturated heterocycles. The highest BCUT2D eigenvalue weighted by molar-refractivity contribution is 5.79. The fraction of sp³-hybridized carbons (Fsp3) is 0.423. The average molecular weight is 375 g/mol. The highest BCUT2D eigenvalue weighted by atomic mass is 15.1. The third-order valence-electron chi connectivity index (χ3n) is 5.93. The first-order valence-electron chi connectivity index (χ1n) is 10.8. The van der Waals surface area contributed by atoms with Crippen molar-refractivity contribution >= 4 is 0 Å². The molecule has 0 amide bonds. The molecule has 0 N–H and O–H groups in total. The molecular weight excluding hydrogens is 340 g/mol. The summed E-state index contributed by atoms with van der Waals surface area (Å²) in [5.41, 5.74) is 4.78. The standard InChI is InChI=1S/C26H34N2/c1-20(2)21(3)14-8-7-13-19-28-22(4)27-25(23-15-9-5-10-16-23)26(28)24-17-11-6-12-18-24/h5-6,9-12,15-18,20-21H,7-8,13-14,19H2,1-4H3. The minimum Gasteiger partial charge on any atom is -0.328 e. The Bertz CT molecular complexity index is 847. The largest absolute Gasteiger partial charge is 0.328 e. The minimum atomic E-state index is 0.786. The van der Waals surface area contributed by atoms with Crippen LogP contribution in [0.3, 0.4) is 0 Å². The first-order chi connectivity index (χ1) is 13.6. The Morgan fingerprint density at radius 2 is 1.39 bits per heavy atom. The van der Waals surface area contributed by atoms with E-state index in [9.17, 15) is 0 Å². The molecule has 1 atom stereocenters. The van der Waals surface area contributed by atoms with Crippen molar-refractivity contribution in [2.45, 2.75) is 59.9 Å². The maximum Gasteiger partial charge on any atom is 0.106 e. The zero-order valence-corrected chi connectivity index (χ0v) is 17.9. The molecule has 0 aliphatic heterocycles. The third-order valence-corrected chi connectivity index (χ3v) is 5.93. The molecule has 2 nitrogen and oxygen atoms in total. The molecule has 28 heavy (non-hydrogen) atoms. The van der Waals surface area contributed by atoms with Crippen molar-refractivity contribution in [1.29, 1.82) is 0 Å². The number of aryl methyl sites for hydroxylation is 1. The van der Waals surface area contributed by atoms with Crippen molar-refractivity contribution in [2.75, 3.05) is 0 Å². The van der Waals surface area contributed by atoms with Gasteiger partial charge in [-0.1, -0.05) is 101 Å². The maximum absolute atomic E-state index is 4.97. The van der Waals surface area contributed by atoms with Crippen molar-refractivity contribution in [1.82, 2.24) is 9.55 Å². The highest BCUT2D eigenvalue weighted by Crippen LogP contribution is 2.33. The molecule has 2 aromatic carbocycles. The summed E-state index contributed by atoms with van der Waals surface area (Å²) in [4.78, 5) is 4.97. The van der Waals surface area contributed by atoms with Gasteiger partial charge in [-0.15, -0.1) is 0 Å². The topological polar surface area (TPSA) is 17.8 Å². The molecule has 1 unspecified atom stereocenters. The lowest BCUT2D eigenvalue weighted by atomic mass is 9.92. The molecule has 0 radical (unpaired) electrons. The minimum absolute atomic E-state index is 0.786. The van der Waals surface area contributed by atoms with E-state index in [0.29, 0.717) is 0 Å². The van der Waals surface area contributed by atoms with Gasteiger partial charge in [0.25, 0.3) is 0 Å². The van der Waals surface area contributed by atoms with Gasteiger partial charge >= 0.3 is 0 Å². The summed E-state index contributed by atoms with van der Waals surface area (Å²) in [7, 11) is 0. The molecule has 3 rings (SSSR count). The van der Waals surface area contributed by atoms with Crippen molar-refractivity contribution in [3.63, 3.8) is 0 Å². The maximum atomic E-state index is 4.97. The van der Waals surface area contributed by atoms with E-state index in [-0.39, 0.29) is 0 Å². The van der Waals surface area contributed by atoms with Crippen molar-refractivity contribution in [3.8, 4) is 22.5 Å². The SMILES string of the molecule is Cc1nc(-c2ccccc2)c(-c2ccccc2)n1CCCCCC(C)C(C)C. The van der Waals surface area contributed by atoms with Crippen LogP contribution in [-0.2, 0) is 6.54 Å². The van der Waals surface area contributed by atoms with Gasteiger partial charge in [-0.25, -0.2) is 4.98 Å². The van der Waals surface area contributed by atoms with E-state index in [2.05, 4.69) is 92.9 Å². The van der Waals surface area contributed by atoms with Gasteiger partial charge in [0.2, 0.25) is 0 Å². The van der Waals surface area contributed by atoms with Crippen LogP contribution in [0.1, 0.15) is 52.3 Å². The first-order valence-corrected chi connectivity index (χ1v) is 10.8. The molecule has 0 bridgehead atoms. The molecule has 0 aliphatic carbocycles. The van der Waals surface area contributed by atoms with E-state index in [0.717, 1.165) is 29.9 Å². The van der Waals surface area contributed by atoms with Gasteiger partial charge in [0.15, 0.2) is 0 Å². The second-order valence-corrected chi connectivity index (χ2v) is 8.31. The molecule has 1 aromatic heterocycles. The Morgan fingerprint density at radius 3 is 2.00 bits per heavy atom. The predicted octanol–water partition coefficient (Wildman–Crippen LogP) is 7.38. The number of hydrogen-bond acceptors (Lipinski definition) is 1. The van der Waals surface area contributed by atoms with Gasteiger partial charge in [-0.3, -0.25) is 0 Å². The molecule has 3 aromatic rings. The van der Waals surface area contributed by atoms with E-state index < -0.39 is 0 Å². The Balaban J connectivity index is 1.80. The normalized spacial score (nSPS) is 12.5. The Kier molecular flexibility index (Phi) is 7.08. The summed E-state index contributed by atoms with van der Waals surface area (Å²) >= 11 is 0. The Labute approximate surface area is 170 Å². The van der Waals surface area contributed by atoms with Crippen LogP contribution in [0.25, 0.3) is 22.5 Å². The number of rotatable bonds is 9. The van der Waals surface area contributed by atoms with Crippen molar-refractivity contribution in [2.24, 2.45) is 11.8 Å². The number of hydrogen-bond donors (Lipinski definition) is 0. The number of aromatic nitrogens is 2. The van der Waals surface area contributed by atoms with Crippen LogP contribution in [0.15, 0.2) is 60.7 Å². The zero-order valence-electron chi connectivity index (χ0n) is 17.9. The third kappa shape index (κ3) is 4.92. The van der Waals surface area contributed by atoms with E-state index in [1.54, 1.807) is 0 Å². The number of benzene rings is 2. The fourth-order valence-corrected chi connectivity index (χ4v) is 3.77. The van der Waals surface area contributed by atoms with Gasteiger partial charge in [0.05, 0.1) is 11.4 Å². The number of nitrogens with zero attached hydrogens (tertiary/aromatic N) is 2. The second kappa shape index (κ2) is 9.73. The molecule has 0 aliphatic rings. The van der Waals surface area contributed by atoms with Crippen LogP contribution in [0, 0.1) is 18.8 Å². The van der Waals surface area contributed by atoms with Crippen LogP contribution >= 0.6 is 0 Å². The van der Waals surface area contributed by atoms with Crippen molar-refractivity contribution in [3.05, 3.63) is 66.5 Å². The van der Waals surface area contributed by atoms with E-state index in [1.165, 1.54) is 42.5 Å². The van der Waals surface area contributed by atoms with Crippen LogP contribution in [0.2, 0.25) is 0 Å². The molecule has 148 valence electrons. The molecule has 2 heteroatoms. The zero-order chi connectivity index (χ0) is 19.9. The van der Waals surface area contributed by atoms with Gasteiger partial charge in [-0.2, -0.15) is 0 Å². The molecular formula is C26H34N2. The Hall–Kier alpha value is -2.35. The quantitative estimate of drug-likeness (QED) is 0.357.